The van der Waals surface area contributed by atoms with Crippen molar-refractivity contribution in [1.29, 1.82) is 0 Å². The number of carboxylic acid groups (broad SMARTS) is 1. The van der Waals surface area contributed by atoms with Gasteiger partial charge in [-0.25, -0.2) is 4.79 Å². The van der Waals surface area contributed by atoms with E-state index in [-0.39, 0.29) is 11.3 Å². The highest BCUT2D eigenvalue weighted by Crippen LogP contribution is 2.33. The third-order valence-electron chi connectivity index (χ3n) is 4.10. The Labute approximate surface area is 131 Å². The second-order valence-corrected chi connectivity index (χ2v) is 6.54. The first-order chi connectivity index (χ1) is 9.84. The first kappa shape index (κ1) is 15.8. The summed E-state index contributed by atoms with van der Waals surface area (Å²) in [7, 11) is 0. The predicted molar refractivity (Wildman–Crippen MR) is 81.3 cm³/mol. The summed E-state index contributed by atoms with van der Waals surface area (Å²) < 4.78 is 0.485. The standard InChI is InChI=1S/C15H18BrNO4/c1-9-4-6-15(7-5-9,14(20)21)17-13(19)10-2-3-11(16)12(18)8-10/h2-3,8-9,18H,4-7H2,1H3,(H,17,19)(H,20,21). The predicted octanol–water partition coefficient (Wildman–Crippen LogP) is 2.92. The minimum Gasteiger partial charge on any atom is -0.507 e. The fourth-order valence-corrected chi connectivity index (χ4v) is 2.84. The Morgan fingerprint density at radius 2 is 1.95 bits per heavy atom. The molecule has 21 heavy (non-hydrogen) atoms. The fourth-order valence-electron chi connectivity index (χ4n) is 2.59. The van der Waals surface area contributed by atoms with Crippen LogP contribution in [0.3, 0.4) is 0 Å². The van der Waals surface area contributed by atoms with Crippen molar-refractivity contribution < 1.29 is 19.8 Å². The fraction of sp³-hybridized carbons (Fsp3) is 0.467. The van der Waals surface area contributed by atoms with E-state index in [1.54, 1.807) is 12.1 Å². The number of amides is 1. The maximum atomic E-state index is 12.3. The molecular formula is C15H18BrNO4. The van der Waals surface area contributed by atoms with Gasteiger partial charge in [0.1, 0.15) is 11.3 Å². The van der Waals surface area contributed by atoms with Crippen molar-refractivity contribution in [2.45, 2.75) is 38.1 Å². The second-order valence-electron chi connectivity index (χ2n) is 5.69. The van der Waals surface area contributed by atoms with Crippen molar-refractivity contribution in [3.8, 4) is 5.75 Å². The first-order valence-corrected chi connectivity index (χ1v) is 7.68. The van der Waals surface area contributed by atoms with Crippen molar-refractivity contribution in [2.24, 2.45) is 5.92 Å². The van der Waals surface area contributed by atoms with E-state index < -0.39 is 17.4 Å². The third-order valence-corrected chi connectivity index (χ3v) is 4.77. The van der Waals surface area contributed by atoms with Crippen LogP contribution in [-0.2, 0) is 4.79 Å². The van der Waals surface area contributed by atoms with Crippen LogP contribution in [0.1, 0.15) is 43.0 Å². The van der Waals surface area contributed by atoms with Gasteiger partial charge in [0.05, 0.1) is 4.47 Å². The molecule has 0 unspecified atom stereocenters. The molecule has 0 spiro atoms. The van der Waals surface area contributed by atoms with Gasteiger partial charge in [-0.3, -0.25) is 4.79 Å². The molecule has 0 atom stereocenters. The lowest BCUT2D eigenvalue weighted by molar-refractivity contribution is -0.146. The van der Waals surface area contributed by atoms with Crippen LogP contribution < -0.4 is 5.32 Å². The first-order valence-electron chi connectivity index (χ1n) is 6.88. The molecule has 3 N–H and O–H groups in total. The zero-order valence-electron chi connectivity index (χ0n) is 11.7. The molecule has 0 radical (unpaired) electrons. The number of carbonyl (C=O) groups excluding carboxylic acids is 1. The molecule has 5 nitrogen and oxygen atoms in total. The summed E-state index contributed by atoms with van der Waals surface area (Å²) in [5, 5.41) is 21.8. The monoisotopic (exact) mass is 355 g/mol. The van der Waals surface area contributed by atoms with Crippen LogP contribution in [0.4, 0.5) is 0 Å². The SMILES string of the molecule is CC1CCC(NC(=O)c2ccc(Br)c(O)c2)(C(=O)O)CC1. The number of aliphatic carboxylic acids is 1. The van der Waals surface area contributed by atoms with E-state index in [0.717, 1.165) is 12.8 Å². The molecule has 0 aromatic heterocycles. The largest absolute Gasteiger partial charge is 0.507 e. The number of halogens is 1. The van der Waals surface area contributed by atoms with Crippen LogP contribution in [-0.4, -0.2) is 27.6 Å². The molecule has 1 aliphatic rings. The number of phenolic OH excluding ortho intramolecular Hbond substituents is 1. The molecule has 0 heterocycles. The van der Waals surface area contributed by atoms with Crippen LogP contribution in [0.15, 0.2) is 22.7 Å². The Hall–Kier alpha value is -1.56. The Kier molecular flexibility index (Phi) is 4.56. The van der Waals surface area contributed by atoms with E-state index in [9.17, 15) is 19.8 Å². The molecule has 1 fully saturated rings. The maximum absolute atomic E-state index is 12.3. The van der Waals surface area contributed by atoms with Gasteiger partial charge in [0.15, 0.2) is 0 Å². The minimum atomic E-state index is -1.20. The van der Waals surface area contributed by atoms with E-state index in [4.69, 9.17) is 0 Å². The number of rotatable bonds is 3. The Balaban J connectivity index is 2.19. The highest BCUT2D eigenvalue weighted by molar-refractivity contribution is 9.10. The molecule has 0 aliphatic heterocycles. The van der Waals surface area contributed by atoms with Gasteiger partial charge in [0.25, 0.3) is 5.91 Å². The molecule has 0 saturated heterocycles. The van der Waals surface area contributed by atoms with Gasteiger partial charge in [-0.2, -0.15) is 0 Å². The van der Waals surface area contributed by atoms with Gasteiger partial charge in [0.2, 0.25) is 0 Å². The van der Waals surface area contributed by atoms with Gasteiger partial charge in [-0.05, 0) is 65.7 Å². The number of carbonyl (C=O) groups is 2. The lowest BCUT2D eigenvalue weighted by Crippen LogP contribution is -2.56. The molecule has 1 aromatic rings. The number of benzene rings is 1. The van der Waals surface area contributed by atoms with Crippen molar-refractivity contribution in [2.75, 3.05) is 0 Å². The average Bonchev–Trinajstić information content (AvgIpc) is 2.44. The van der Waals surface area contributed by atoms with Gasteiger partial charge in [-0.1, -0.05) is 6.92 Å². The number of hydrogen-bond donors (Lipinski definition) is 3. The number of carboxylic acids is 1. The quantitative estimate of drug-likeness (QED) is 0.777. The summed E-state index contributed by atoms with van der Waals surface area (Å²) >= 11 is 3.14. The number of aromatic hydroxyl groups is 1. The van der Waals surface area contributed by atoms with Crippen molar-refractivity contribution in [3.05, 3.63) is 28.2 Å². The molecule has 6 heteroatoms. The van der Waals surface area contributed by atoms with Gasteiger partial charge >= 0.3 is 5.97 Å². The number of hydrogen-bond acceptors (Lipinski definition) is 3. The molecule has 1 aliphatic carbocycles. The van der Waals surface area contributed by atoms with Crippen LogP contribution in [0, 0.1) is 5.92 Å². The number of nitrogens with one attached hydrogen (secondary N) is 1. The minimum absolute atomic E-state index is 0.0516. The summed E-state index contributed by atoms with van der Waals surface area (Å²) in [6.45, 7) is 2.08. The van der Waals surface area contributed by atoms with Gasteiger partial charge in [0, 0.05) is 5.56 Å². The topological polar surface area (TPSA) is 86.6 Å². The smallest absolute Gasteiger partial charge is 0.329 e. The number of phenols is 1. The van der Waals surface area contributed by atoms with Gasteiger partial charge in [-0.15, -0.1) is 0 Å². The molecule has 1 amide bonds. The van der Waals surface area contributed by atoms with Crippen molar-refractivity contribution in [1.82, 2.24) is 5.32 Å². The Morgan fingerprint density at radius 3 is 2.48 bits per heavy atom. The molecular weight excluding hydrogens is 338 g/mol. The molecule has 1 aromatic carbocycles. The van der Waals surface area contributed by atoms with E-state index in [1.807, 2.05) is 0 Å². The van der Waals surface area contributed by atoms with Crippen LogP contribution >= 0.6 is 15.9 Å². The summed E-state index contributed by atoms with van der Waals surface area (Å²) in [5.74, 6) is -1.05. The summed E-state index contributed by atoms with van der Waals surface area (Å²) in [5.41, 5.74) is -0.957. The normalized spacial score (nSPS) is 25.3. The molecule has 1 saturated carbocycles. The van der Waals surface area contributed by atoms with Crippen LogP contribution in [0.2, 0.25) is 0 Å². The van der Waals surface area contributed by atoms with Crippen LogP contribution in [0.5, 0.6) is 5.75 Å². The van der Waals surface area contributed by atoms with Crippen LogP contribution in [0.25, 0.3) is 0 Å². The second kappa shape index (κ2) is 6.05. The van der Waals surface area contributed by atoms with E-state index >= 15 is 0 Å². The lowest BCUT2D eigenvalue weighted by Gasteiger charge is -2.36. The van der Waals surface area contributed by atoms with Gasteiger partial charge < -0.3 is 15.5 Å². The summed E-state index contributed by atoms with van der Waals surface area (Å²) in [4.78, 5) is 23.9. The molecule has 114 valence electrons. The Bertz CT molecular complexity index is 565. The summed E-state index contributed by atoms with van der Waals surface area (Å²) in [6.07, 6.45) is 2.41. The third kappa shape index (κ3) is 3.37. The Morgan fingerprint density at radius 1 is 1.33 bits per heavy atom. The highest BCUT2D eigenvalue weighted by Gasteiger charge is 2.42. The van der Waals surface area contributed by atoms with Crippen molar-refractivity contribution in [3.63, 3.8) is 0 Å². The van der Waals surface area contributed by atoms with E-state index in [0.29, 0.717) is 23.2 Å². The van der Waals surface area contributed by atoms with E-state index in [2.05, 4.69) is 28.2 Å². The maximum Gasteiger partial charge on any atom is 0.329 e. The van der Waals surface area contributed by atoms with Crippen molar-refractivity contribution >= 4 is 27.8 Å². The lowest BCUT2D eigenvalue weighted by atomic mass is 9.77. The zero-order valence-corrected chi connectivity index (χ0v) is 13.3. The summed E-state index contributed by atoms with van der Waals surface area (Å²) in [6, 6.07) is 4.42. The zero-order chi connectivity index (χ0) is 15.6. The molecule has 0 bridgehead atoms. The average molecular weight is 356 g/mol. The highest BCUT2D eigenvalue weighted by atomic mass is 79.9. The van der Waals surface area contributed by atoms with E-state index in [1.165, 1.54) is 6.07 Å². The molecule has 2 rings (SSSR count).